The van der Waals surface area contributed by atoms with Crippen molar-refractivity contribution in [2.45, 2.75) is 40.4 Å². The van der Waals surface area contributed by atoms with Gasteiger partial charge in [-0.2, -0.15) is 0 Å². The summed E-state index contributed by atoms with van der Waals surface area (Å²) in [7, 11) is -3.28. The lowest BCUT2D eigenvalue weighted by Gasteiger charge is -2.35. The van der Waals surface area contributed by atoms with Crippen LogP contribution in [-0.4, -0.2) is 24.6 Å². The number of hydrogen-bond acceptors (Lipinski definition) is 5. The van der Waals surface area contributed by atoms with Gasteiger partial charge in [0.15, 0.2) is 0 Å². The van der Waals surface area contributed by atoms with Crippen molar-refractivity contribution < 1.29 is 23.5 Å². The van der Waals surface area contributed by atoms with Crippen LogP contribution in [0.1, 0.15) is 34.1 Å². The van der Waals surface area contributed by atoms with E-state index in [4.69, 9.17) is 13.8 Å². The fourth-order valence-electron chi connectivity index (χ4n) is 1.63. The molecule has 0 fully saturated rings. The van der Waals surface area contributed by atoms with Gasteiger partial charge in [0.1, 0.15) is 0 Å². The fourth-order valence-corrected chi connectivity index (χ4v) is 3.50. The molecule has 0 saturated carbocycles. The number of rotatable bonds is 5. The normalized spacial score (nSPS) is 24.1. The van der Waals surface area contributed by atoms with Crippen molar-refractivity contribution in [3.8, 4) is 0 Å². The van der Waals surface area contributed by atoms with Gasteiger partial charge in [-0.1, -0.05) is 13.8 Å². The Hall–Kier alpha value is -0.350. The molecule has 0 aliphatic carbocycles. The van der Waals surface area contributed by atoms with E-state index in [1.54, 1.807) is 13.8 Å². The maximum absolute atomic E-state index is 12.5. The molecule has 0 radical (unpaired) electrons. The highest BCUT2D eigenvalue weighted by Crippen LogP contribution is 2.60. The summed E-state index contributed by atoms with van der Waals surface area (Å²) in [5.41, 5.74) is -0.506. The molecule has 1 unspecified atom stereocenters. The van der Waals surface area contributed by atoms with Crippen LogP contribution in [-0.2, 0) is 18.3 Å². The Morgan fingerprint density at radius 3 is 2.41 bits per heavy atom. The van der Waals surface area contributed by atoms with Crippen LogP contribution in [0, 0.1) is 5.41 Å². The highest BCUT2D eigenvalue weighted by molar-refractivity contribution is 7.58. The van der Waals surface area contributed by atoms with Gasteiger partial charge in [0.2, 0.25) is 6.29 Å². The van der Waals surface area contributed by atoms with E-state index in [1.165, 1.54) is 6.26 Å². The molecule has 0 saturated heterocycles. The monoisotopic (exact) mass is 264 g/mol. The first-order valence-corrected chi connectivity index (χ1v) is 7.32. The molecule has 1 aliphatic heterocycles. The minimum Gasteiger partial charge on any atom is -0.472 e. The van der Waals surface area contributed by atoms with E-state index in [2.05, 4.69) is 0 Å². The van der Waals surface area contributed by atoms with Gasteiger partial charge in [0.25, 0.3) is 0 Å². The first kappa shape index (κ1) is 14.7. The minimum atomic E-state index is -3.28. The van der Waals surface area contributed by atoms with E-state index in [9.17, 15) is 9.67 Å². The van der Waals surface area contributed by atoms with Crippen molar-refractivity contribution in [2.75, 3.05) is 13.2 Å². The van der Waals surface area contributed by atoms with Gasteiger partial charge in [-0.05, 0) is 20.3 Å². The van der Waals surface area contributed by atoms with Gasteiger partial charge >= 0.3 is 7.60 Å². The molecule has 1 N–H and O–H groups in total. The van der Waals surface area contributed by atoms with Crippen LogP contribution in [0.25, 0.3) is 0 Å². The first-order chi connectivity index (χ1) is 7.85. The highest BCUT2D eigenvalue weighted by Gasteiger charge is 2.41. The molecular formula is C11H21O5P. The second-order valence-corrected chi connectivity index (χ2v) is 6.68. The Labute approximate surface area is 102 Å². The second-order valence-electron chi connectivity index (χ2n) is 4.60. The number of aliphatic hydroxyl groups is 1. The number of ether oxygens (including phenoxy) is 1. The Morgan fingerprint density at radius 2 is 2.00 bits per heavy atom. The molecule has 5 nitrogen and oxygen atoms in total. The van der Waals surface area contributed by atoms with Crippen LogP contribution >= 0.6 is 7.60 Å². The van der Waals surface area contributed by atoms with Crippen molar-refractivity contribution >= 4 is 7.60 Å². The van der Waals surface area contributed by atoms with Gasteiger partial charge in [-0.3, -0.25) is 4.57 Å². The van der Waals surface area contributed by atoms with Gasteiger partial charge in [-0.15, -0.1) is 0 Å². The lowest BCUT2D eigenvalue weighted by molar-refractivity contribution is -0.137. The second kappa shape index (κ2) is 5.53. The average molecular weight is 264 g/mol. The van der Waals surface area contributed by atoms with Crippen LogP contribution in [0.4, 0.5) is 0 Å². The Morgan fingerprint density at radius 1 is 1.47 bits per heavy atom. The summed E-state index contributed by atoms with van der Waals surface area (Å²) >= 11 is 0. The lowest BCUT2D eigenvalue weighted by atomic mass is 9.87. The van der Waals surface area contributed by atoms with Crippen molar-refractivity contribution in [3.63, 3.8) is 0 Å². The molecule has 1 heterocycles. The highest BCUT2D eigenvalue weighted by atomic mass is 31.2. The van der Waals surface area contributed by atoms with E-state index >= 15 is 0 Å². The zero-order valence-electron chi connectivity index (χ0n) is 10.8. The van der Waals surface area contributed by atoms with Crippen molar-refractivity contribution in [1.29, 1.82) is 0 Å². The molecule has 1 rings (SSSR count). The molecule has 1 aliphatic rings. The zero-order chi connectivity index (χ0) is 13.1. The Kier molecular flexibility index (Phi) is 4.78. The molecule has 17 heavy (non-hydrogen) atoms. The molecule has 0 amide bonds. The fraction of sp³-hybridized carbons (Fsp3) is 0.818. The molecule has 1 atom stereocenters. The van der Waals surface area contributed by atoms with Crippen molar-refractivity contribution in [2.24, 2.45) is 5.41 Å². The van der Waals surface area contributed by atoms with Crippen LogP contribution in [0.5, 0.6) is 0 Å². The summed E-state index contributed by atoms with van der Waals surface area (Å²) in [6.07, 6.45) is 0.830. The molecular weight excluding hydrogens is 243 g/mol. The molecule has 0 spiro atoms. The predicted octanol–water partition coefficient (Wildman–Crippen LogP) is 2.86. The lowest BCUT2D eigenvalue weighted by Crippen LogP contribution is -2.34. The van der Waals surface area contributed by atoms with Gasteiger partial charge in [0.05, 0.1) is 24.8 Å². The van der Waals surface area contributed by atoms with E-state index in [-0.39, 0.29) is 0 Å². The van der Waals surface area contributed by atoms with E-state index < -0.39 is 19.3 Å². The van der Waals surface area contributed by atoms with Crippen LogP contribution < -0.4 is 0 Å². The van der Waals surface area contributed by atoms with E-state index in [1.807, 2.05) is 13.8 Å². The third kappa shape index (κ3) is 3.32. The third-order valence-electron chi connectivity index (χ3n) is 2.59. The SMILES string of the molecule is CCOP(=O)(OCC)C1=COC(O)C(C)(C)C1. The minimum absolute atomic E-state index is 0.303. The van der Waals surface area contributed by atoms with Crippen molar-refractivity contribution in [1.82, 2.24) is 0 Å². The molecule has 100 valence electrons. The maximum atomic E-state index is 12.5. The van der Waals surface area contributed by atoms with Gasteiger partial charge in [-0.25, -0.2) is 0 Å². The molecule has 0 bridgehead atoms. The number of allylic oxidation sites excluding steroid dienone is 1. The quantitative estimate of drug-likeness (QED) is 0.773. The topological polar surface area (TPSA) is 65.0 Å². The largest absolute Gasteiger partial charge is 0.472 e. The summed E-state index contributed by atoms with van der Waals surface area (Å²) in [5.74, 6) is 0. The van der Waals surface area contributed by atoms with E-state index in [0.717, 1.165) is 0 Å². The third-order valence-corrected chi connectivity index (χ3v) is 4.75. The molecule has 0 aromatic rings. The summed E-state index contributed by atoms with van der Waals surface area (Å²) in [5, 5.41) is 10.1. The molecule has 0 aromatic carbocycles. The van der Waals surface area contributed by atoms with Crippen LogP contribution in [0.3, 0.4) is 0 Å². The number of aliphatic hydroxyl groups excluding tert-OH is 1. The number of hydrogen-bond donors (Lipinski definition) is 1. The molecule has 0 aromatic heterocycles. The van der Waals surface area contributed by atoms with Crippen LogP contribution in [0.2, 0.25) is 0 Å². The Balaban J connectivity index is 2.94. The van der Waals surface area contributed by atoms with Crippen LogP contribution in [0.15, 0.2) is 11.6 Å². The Bertz CT molecular complexity index is 327. The summed E-state index contributed by atoms with van der Waals surface area (Å²) in [6, 6.07) is 0. The average Bonchev–Trinajstić information content (AvgIpc) is 2.22. The van der Waals surface area contributed by atoms with Gasteiger partial charge < -0.3 is 18.9 Å². The molecule has 6 heteroatoms. The summed E-state index contributed by atoms with van der Waals surface area (Å²) in [4.78, 5) is 0. The summed E-state index contributed by atoms with van der Waals surface area (Å²) < 4.78 is 28.1. The summed E-state index contributed by atoms with van der Waals surface area (Å²) in [6.45, 7) is 7.81. The maximum Gasteiger partial charge on any atom is 0.360 e. The van der Waals surface area contributed by atoms with Gasteiger partial charge in [0, 0.05) is 5.41 Å². The zero-order valence-corrected chi connectivity index (χ0v) is 11.7. The van der Waals surface area contributed by atoms with E-state index in [0.29, 0.717) is 24.9 Å². The first-order valence-electron chi connectivity index (χ1n) is 5.78. The smallest absolute Gasteiger partial charge is 0.360 e. The standard InChI is InChI=1S/C11H21O5P/c1-5-15-17(13,16-6-2)9-7-11(3,4)10(12)14-8-9/h8,10,12H,5-7H2,1-4H3. The van der Waals surface area contributed by atoms with Crippen molar-refractivity contribution in [3.05, 3.63) is 11.6 Å². The predicted molar refractivity (Wildman–Crippen MR) is 64.4 cm³/mol.